The fraction of sp³-hybridized carbons (Fsp3) is 0.625. The lowest BCUT2D eigenvalue weighted by atomic mass is 9.74. The monoisotopic (exact) mass is 250 g/mol. The lowest BCUT2D eigenvalue weighted by molar-refractivity contribution is -0.0688. The molecule has 0 aromatic carbocycles. The summed E-state index contributed by atoms with van der Waals surface area (Å²) in [6.45, 7) is 13.5. The van der Waals surface area contributed by atoms with E-state index in [-0.39, 0.29) is 11.0 Å². The quantitative estimate of drug-likeness (QED) is 0.399. The Hall–Kier alpha value is -1.02. The molecule has 2 heteroatoms. The van der Waals surface area contributed by atoms with Crippen molar-refractivity contribution in [2.24, 2.45) is 5.41 Å². The Morgan fingerprint density at radius 2 is 1.78 bits per heavy atom. The van der Waals surface area contributed by atoms with Gasteiger partial charge in [0.1, 0.15) is 11.4 Å². The zero-order valence-corrected chi connectivity index (χ0v) is 12.5. The molecular weight excluding hydrogens is 224 g/mol. The standard InChI is InChI=1S/C16H26O2/c1-7-9-11-13(10-8-2)18-16(5,6)15(3,4)14-12-17-14/h7-11,14H,12H2,1-6H3/b9-7-,10-8-,13-11+. The van der Waals surface area contributed by atoms with Gasteiger partial charge in [0, 0.05) is 5.41 Å². The first kappa shape index (κ1) is 15.0. The molecule has 1 fully saturated rings. The van der Waals surface area contributed by atoms with Crippen LogP contribution in [0.2, 0.25) is 0 Å². The molecule has 1 atom stereocenters. The molecule has 0 aromatic heterocycles. The van der Waals surface area contributed by atoms with Gasteiger partial charge in [-0.1, -0.05) is 32.1 Å². The van der Waals surface area contributed by atoms with Gasteiger partial charge < -0.3 is 9.47 Å². The predicted molar refractivity (Wildman–Crippen MR) is 76.4 cm³/mol. The third kappa shape index (κ3) is 3.49. The molecule has 0 aromatic rings. The van der Waals surface area contributed by atoms with Crippen LogP contribution in [0.5, 0.6) is 0 Å². The van der Waals surface area contributed by atoms with E-state index >= 15 is 0 Å². The van der Waals surface area contributed by atoms with Gasteiger partial charge in [0.25, 0.3) is 0 Å². The molecule has 0 radical (unpaired) electrons. The summed E-state index contributed by atoms with van der Waals surface area (Å²) >= 11 is 0. The van der Waals surface area contributed by atoms with Crippen LogP contribution in [0.1, 0.15) is 41.5 Å². The second-order valence-electron chi connectivity index (χ2n) is 5.75. The van der Waals surface area contributed by atoms with Crippen LogP contribution in [0, 0.1) is 5.41 Å². The molecule has 1 unspecified atom stereocenters. The normalized spacial score (nSPS) is 21.9. The molecule has 0 N–H and O–H groups in total. The van der Waals surface area contributed by atoms with E-state index in [1.54, 1.807) is 0 Å². The van der Waals surface area contributed by atoms with Crippen molar-refractivity contribution in [1.82, 2.24) is 0 Å². The number of ether oxygens (including phenoxy) is 2. The van der Waals surface area contributed by atoms with Crippen molar-refractivity contribution in [3.63, 3.8) is 0 Å². The maximum absolute atomic E-state index is 6.19. The van der Waals surface area contributed by atoms with E-state index in [1.807, 2.05) is 44.2 Å². The van der Waals surface area contributed by atoms with Crippen LogP contribution in [0.3, 0.4) is 0 Å². The Morgan fingerprint density at radius 1 is 1.17 bits per heavy atom. The van der Waals surface area contributed by atoms with E-state index in [0.29, 0.717) is 6.10 Å². The molecule has 102 valence electrons. The highest BCUT2D eigenvalue weighted by Crippen LogP contribution is 2.44. The van der Waals surface area contributed by atoms with Crippen LogP contribution < -0.4 is 0 Å². The first-order valence-corrected chi connectivity index (χ1v) is 6.61. The summed E-state index contributed by atoms with van der Waals surface area (Å²) in [5.41, 5.74) is -0.287. The summed E-state index contributed by atoms with van der Waals surface area (Å²) < 4.78 is 11.6. The average Bonchev–Trinajstić information content (AvgIpc) is 3.09. The van der Waals surface area contributed by atoms with Gasteiger partial charge in [0.05, 0.1) is 12.7 Å². The third-order valence-corrected chi connectivity index (χ3v) is 3.85. The Bertz CT molecular complexity index is 355. The van der Waals surface area contributed by atoms with Gasteiger partial charge in [-0.2, -0.15) is 0 Å². The molecule has 0 spiro atoms. The van der Waals surface area contributed by atoms with Gasteiger partial charge in [-0.3, -0.25) is 0 Å². The van der Waals surface area contributed by atoms with E-state index < -0.39 is 0 Å². The average molecular weight is 250 g/mol. The number of epoxide rings is 1. The largest absolute Gasteiger partial charge is 0.487 e. The molecule has 0 bridgehead atoms. The predicted octanol–water partition coefficient (Wildman–Crippen LogP) is 4.24. The molecular formula is C16H26O2. The Kier molecular flexibility index (Phi) is 4.80. The van der Waals surface area contributed by atoms with Crippen LogP contribution >= 0.6 is 0 Å². The molecule has 1 aliphatic heterocycles. The van der Waals surface area contributed by atoms with Gasteiger partial charge in [0.2, 0.25) is 0 Å². The number of hydrogen-bond acceptors (Lipinski definition) is 2. The Balaban J connectivity index is 2.84. The summed E-state index contributed by atoms with van der Waals surface area (Å²) in [6, 6.07) is 0. The Labute approximate surface area is 111 Å². The van der Waals surface area contributed by atoms with Crippen molar-refractivity contribution < 1.29 is 9.47 Å². The molecule has 1 saturated heterocycles. The molecule has 0 aliphatic carbocycles. The first-order valence-electron chi connectivity index (χ1n) is 6.61. The van der Waals surface area contributed by atoms with E-state index in [2.05, 4.69) is 27.7 Å². The lowest BCUT2D eigenvalue weighted by Gasteiger charge is -2.41. The van der Waals surface area contributed by atoms with Crippen molar-refractivity contribution in [2.75, 3.05) is 6.61 Å². The van der Waals surface area contributed by atoms with Gasteiger partial charge in [0.15, 0.2) is 0 Å². The second kappa shape index (κ2) is 5.75. The highest BCUT2D eigenvalue weighted by molar-refractivity contribution is 5.19. The summed E-state index contributed by atoms with van der Waals surface area (Å²) in [4.78, 5) is 0. The van der Waals surface area contributed by atoms with Gasteiger partial charge in [-0.15, -0.1) is 0 Å². The van der Waals surface area contributed by atoms with Crippen LogP contribution in [-0.4, -0.2) is 18.3 Å². The van der Waals surface area contributed by atoms with Crippen molar-refractivity contribution >= 4 is 0 Å². The van der Waals surface area contributed by atoms with Crippen molar-refractivity contribution in [3.05, 3.63) is 36.1 Å². The number of allylic oxidation sites excluding steroid dienone is 5. The smallest absolute Gasteiger partial charge is 0.119 e. The topological polar surface area (TPSA) is 21.8 Å². The molecule has 1 aliphatic rings. The van der Waals surface area contributed by atoms with Crippen LogP contribution in [-0.2, 0) is 9.47 Å². The second-order valence-corrected chi connectivity index (χ2v) is 5.75. The van der Waals surface area contributed by atoms with Crippen LogP contribution in [0.25, 0.3) is 0 Å². The molecule has 1 heterocycles. The van der Waals surface area contributed by atoms with Gasteiger partial charge in [-0.05, 0) is 39.8 Å². The van der Waals surface area contributed by atoms with Crippen molar-refractivity contribution in [1.29, 1.82) is 0 Å². The highest BCUT2D eigenvalue weighted by Gasteiger charge is 2.51. The SMILES string of the molecule is C\C=C/C=C(\C=C/C)OC(C)(C)C(C)(C)C1CO1. The van der Waals surface area contributed by atoms with Crippen LogP contribution in [0.15, 0.2) is 36.1 Å². The minimum Gasteiger partial charge on any atom is -0.487 e. The molecule has 2 nitrogen and oxygen atoms in total. The maximum atomic E-state index is 6.19. The first-order chi connectivity index (χ1) is 8.35. The zero-order valence-electron chi connectivity index (χ0n) is 12.5. The molecule has 0 saturated carbocycles. The van der Waals surface area contributed by atoms with E-state index in [4.69, 9.17) is 9.47 Å². The fourth-order valence-corrected chi connectivity index (χ4v) is 1.76. The Morgan fingerprint density at radius 3 is 2.22 bits per heavy atom. The molecule has 1 rings (SSSR count). The van der Waals surface area contributed by atoms with Crippen LogP contribution in [0.4, 0.5) is 0 Å². The maximum Gasteiger partial charge on any atom is 0.119 e. The number of rotatable bonds is 6. The summed E-state index contributed by atoms with van der Waals surface area (Å²) in [5.74, 6) is 0.884. The van der Waals surface area contributed by atoms with E-state index in [0.717, 1.165) is 12.4 Å². The third-order valence-electron chi connectivity index (χ3n) is 3.85. The minimum absolute atomic E-state index is 0.0103. The summed E-state index contributed by atoms with van der Waals surface area (Å²) in [7, 11) is 0. The van der Waals surface area contributed by atoms with Gasteiger partial charge >= 0.3 is 0 Å². The summed E-state index contributed by atoms with van der Waals surface area (Å²) in [5, 5.41) is 0. The van der Waals surface area contributed by atoms with Crippen molar-refractivity contribution in [2.45, 2.75) is 53.2 Å². The van der Waals surface area contributed by atoms with E-state index in [1.165, 1.54) is 0 Å². The lowest BCUT2D eigenvalue weighted by Crippen LogP contribution is -2.45. The summed E-state index contributed by atoms with van der Waals surface area (Å²) in [6.07, 6.45) is 10.3. The number of hydrogen-bond donors (Lipinski definition) is 0. The fourth-order valence-electron chi connectivity index (χ4n) is 1.76. The zero-order chi connectivity index (χ0) is 13.8. The molecule has 0 amide bonds. The van der Waals surface area contributed by atoms with Crippen molar-refractivity contribution in [3.8, 4) is 0 Å². The van der Waals surface area contributed by atoms with Gasteiger partial charge in [-0.25, -0.2) is 0 Å². The highest BCUT2D eigenvalue weighted by atomic mass is 16.6. The van der Waals surface area contributed by atoms with E-state index in [9.17, 15) is 0 Å². The minimum atomic E-state index is -0.277. The molecule has 18 heavy (non-hydrogen) atoms.